The average Bonchev–Trinajstić information content (AvgIpc) is 2.04. The molecule has 0 saturated heterocycles. The molecule has 1 atom stereocenters. The highest BCUT2D eigenvalue weighted by Gasteiger charge is 2.08. The van der Waals surface area contributed by atoms with Crippen molar-refractivity contribution in [1.82, 2.24) is 0 Å². The molecule has 0 aromatic heterocycles. The van der Waals surface area contributed by atoms with Crippen molar-refractivity contribution in [3.63, 3.8) is 0 Å². The molecule has 2 nitrogen and oxygen atoms in total. The molecule has 3 N–H and O–H groups in total. The Balaban J connectivity index is 2.51. The molecule has 0 spiro atoms. The van der Waals surface area contributed by atoms with Crippen molar-refractivity contribution in [2.75, 3.05) is 0 Å². The van der Waals surface area contributed by atoms with E-state index in [2.05, 4.69) is 0 Å². The molecule has 13 heavy (non-hydrogen) atoms. The van der Waals surface area contributed by atoms with Gasteiger partial charge in [-0.05, 0) is 12.5 Å². The molecule has 1 aromatic rings. The molecule has 0 heterocycles. The number of benzene rings is 1. The van der Waals surface area contributed by atoms with Gasteiger partial charge in [-0.3, -0.25) is 0 Å². The van der Waals surface area contributed by atoms with E-state index in [9.17, 15) is 5.11 Å². The Bertz CT molecular complexity index is 272. The lowest BCUT2D eigenvalue weighted by atomic mass is 10.1. The minimum absolute atomic E-state index is 0.460. The van der Waals surface area contributed by atoms with E-state index in [-0.39, 0.29) is 0 Å². The first-order valence-corrected chi connectivity index (χ1v) is 4.31. The Morgan fingerprint density at radius 1 is 1.38 bits per heavy atom. The highest BCUT2D eigenvalue weighted by Crippen LogP contribution is 2.05. The Hall–Kier alpha value is -1.12. The molecule has 1 rings (SSSR count). The second-order valence-electron chi connectivity index (χ2n) is 3.37. The summed E-state index contributed by atoms with van der Waals surface area (Å²) in [6, 6.07) is 9.92. The molecule has 0 saturated carbocycles. The summed E-state index contributed by atoms with van der Waals surface area (Å²) in [5.74, 6) is 0. The maximum absolute atomic E-state index is 9.22. The molecule has 1 aromatic carbocycles. The number of aliphatic hydroxyl groups is 1. The first-order chi connectivity index (χ1) is 6.08. The van der Waals surface area contributed by atoms with Crippen LogP contribution in [0.5, 0.6) is 0 Å². The zero-order valence-corrected chi connectivity index (χ0v) is 7.77. The highest BCUT2D eigenvalue weighted by molar-refractivity contribution is 5.48. The van der Waals surface area contributed by atoms with E-state index >= 15 is 0 Å². The summed E-state index contributed by atoms with van der Waals surface area (Å²) in [4.78, 5) is 0. The zero-order chi connectivity index (χ0) is 9.73. The van der Waals surface area contributed by atoms with Gasteiger partial charge in [0.1, 0.15) is 5.72 Å². The lowest BCUT2D eigenvalue weighted by Crippen LogP contribution is -2.34. The predicted octanol–water partition coefficient (Wildman–Crippen LogP) is 1.76. The van der Waals surface area contributed by atoms with Crippen LogP contribution in [-0.2, 0) is 0 Å². The normalized spacial score (nSPS) is 15.9. The van der Waals surface area contributed by atoms with Crippen molar-refractivity contribution in [3.05, 3.63) is 42.0 Å². The van der Waals surface area contributed by atoms with Crippen LogP contribution in [0.3, 0.4) is 0 Å². The summed E-state index contributed by atoms with van der Waals surface area (Å²) in [5.41, 5.74) is 5.42. The molecular formula is C11H15NO. The second kappa shape index (κ2) is 4.21. The fourth-order valence-corrected chi connectivity index (χ4v) is 0.998. The molecule has 70 valence electrons. The third kappa shape index (κ3) is 4.45. The second-order valence-corrected chi connectivity index (χ2v) is 3.37. The van der Waals surface area contributed by atoms with E-state index in [1.54, 1.807) is 6.92 Å². The summed E-state index contributed by atoms with van der Waals surface area (Å²) < 4.78 is 0. The fourth-order valence-electron chi connectivity index (χ4n) is 0.998. The number of rotatable bonds is 3. The van der Waals surface area contributed by atoms with Crippen LogP contribution in [0, 0.1) is 0 Å². The zero-order valence-electron chi connectivity index (χ0n) is 7.77. The van der Waals surface area contributed by atoms with Crippen LogP contribution in [0.25, 0.3) is 6.08 Å². The van der Waals surface area contributed by atoms with Crippen LogP contribution in [0.15, 0.2) is 36.4 Å². The SMILES string of the molecule is CC(N)(O)C/C=C/c1ccccc1. The van der Waals surface area contributed by atoms with Crippen LogP contribution in [0.4, 0.5) is 0 Å². The van der Waals surface area contributed by atoms with Crippen LogP contribution in [0.1, 0.15) is 18.9 Å². The molecule has 0 radical (unpaired) electrons. The summed E-state index contributed by atoms with van der Waals surface area (Å²) in [5, 5.41) is 9.22. The smallest absolute Gasteiger partial charge is 0.114 e. The lowest BCUT2D eigenvalue weighted by Gasteiger charge is -2.13. The maximum Gasteiger partial charge on any atom is 0.114 e. The Morgan fingerprint density at radius 3 is 2.54 bits per heavy atom. The van der Waals surface area contributed by atoms with E-state index < -0.39 is 5.72 Å². The average molecular weight is 177 g/mol. The fraction of sp³-hybridized carbons (Fsp3) is 0.273. The molecular weight excluding hydrogens is 162 g/mol. The van der Waals surface area contributed by atoms with Gasteiger partial charge >= 0.3 is 0 Å². The largest absolute Gasteiger partial charge is 0.376 e. The summed E-state index contributed by atoms with van der Waals surface area (Å²) >= 11 is 0. The van der Waals surface area contributed by atoms with Crippen LogP contribution >= 0.6 is 0 Å². The molecule has 0 aliphatic heterocycles. The van der Waals surface area contributed by atoms with Crippen LogP contribution in [0.2, 0.25) is 0 Å². The Labute approximate surface area is 78.7 Å². The number of hydrogen-bond donors (Lipinski definition) is 2. The minimum Gasteiger partial charge on any atom is -0.376 e. The van der Waals surface area contributed by atoms with Gasteiger partial charge in [-0.15, -0.1) is 0 Å². The van der Waals surface area contributed by atoms with E-state index in [0.717, 1.165) is 5.56 Å². The molecule has 2 heteroatoms. The number of nitrogens with two attached hydrogens (primary N) is 1. The van der Waals surface area contributed by atoms with E-state index in [1.807, 2.05) is 42.5 Å². The van der Waals surface area contributed by atoms with E-state index in [1.165, 1.54) is 0 Å². The Kier molecular flexibility index (Phi) is 3.23. The third-order valence-corrected chi connectivity index (χ3v) is 1.64. The van der Waals surface area contributed by atoms with Gasteiger partial charge in [0, 0.05) is 6.42 Å². The first kappa shape index (κ1) is 9.96. The van der Waals surface area contributed by atoms with Gasteiger partial charge in [-0.2, -0.15) is 0 Å². The Morgan fingerprint density at radius 2 is 2.00 bits per heavy atom. The molecule has 0 amide bonds. The van der Waals surface area contributed by atoms with Gasteiger partial charge in [0.25, 0.3) is 0 Å². The molecule has 0 fully saturated rings. The quantitative estimate of drug-likeness (QED) is 0.691. The molecule has 0 aliphatic carbocycles. The van der Waals surface area contributed by atoms with Crippen molar-refractivity contribution in [1.29, 1.82) is 0 Å². The highest BCUT2D eigenvalue weighted by atomic mass is 16.3. The number of hydrogen-bond acceptors (Lipinski definition) is 2. The van der Waals surface area contributed by atoms with Crippen molar-refractivity contribution in [2.24, 2.45) is 5.73 Å². The summed E-state index contributed by atoms with van der Waals surface area (Å²) in [7, 11) is 0. The lowest BCUT2D eigenvalue weighted by molar-refractivity contribution is 0.0707. The first-order valence-electron chi connectivity index (χ1n) is 4.31. The van der Waals surface area contributed by atoms with E-state index in [0.29, 0.717) is 6.42 Å². The van der Waals surface area contributed by atoms with Gasteiger partial charge in [0.2, 0.25) is 0 Å². The van der Waals surface area contributed by atoms with Crippen LogP contribution < -0.4 is 5.73 Å². The van der Waals surface area contributed by atoms with E-state index in [4.69, 9.17) is 5.73 Å². The van der Waals surface area contributed by atoms with Gasteiger partial charge in [0.05, 0.1) is 0 Å². The van der Waals surface area contributed by atoms with Crippen LogP contribution in [-0.4, -0.2) is 10.8 Å². The standard InChI is InChI=1S/C11H15NO/c1-11(12,13)9-5-8-10-6-3-2-4-7-10/h2-8,13H,9,12H2,1H3/b8-5+. The third-order valence-electron chi connectivity index (χ3n) is 1.64. The van der Waals surface area contributed by atoms with Crippen molar-refractivity contribution in [2.45, 2.75) is 19.1 Å². The predicted molar refractivity (Wildman–Crippen MR) is 54.9 cm³/mol. The van der Waals surface area contributed by atoms with Gasteiger partial charge < -0.3 is 10.8 Å². The van der Waals surface area contributed by atoms with Gasteiger partial charge in [-0.1, -0.05) is 42.5 Å². The van der Waals surface area contributed by atoms with Crippen molar-refractivity contribution >= 4 is 6.08 Å². The van der Waals surface area contributed by atoms with Crippen molar-refractivity contribution in [3.8, 4) is 0 Å². The van der Waals surface area contributed by atoms with Gasteiger partial charge in [-0.25, -0.2) is 0 Å². The topological polar surface area (TPSA) is 46.2 Å². The molecule has 0 aliphatic rings. The summed E-state index contributed by atoms with van der Waals surface area (Å²) in [6.45, 7) is 1.59. The van der Waals surface area contributed by atoms with Gasteiger partial charge in [0.15, 0.2) is 0 Å². The maximum atomic E-state index is 9.22. The minimum atomic E-state index is -1.11. The molecule has 0 bridgehead atoms. The summed E-state index contributed by atoms with van der Waals surface area (Å²) in [6.07, 6.45) is 4.28. The molecule has 1 unspecified atom stereocenters. The van der Waals surface area contributed by atoms with Crippen molar-refractivity contribution < 1.29 is 5.11 Å². The monoisotopic (exact) mass is 177 g/mol.